The number of rotatable bonds is 4. The first kappa shape index (κ1) is 19.2. The molecular weight excluding hydrogens is 396 g/mol. The SMILES string of the molecule is Cn1c(=O)cc(N2CCN(S(=O)(=O)c3ccc(-n4cccn4)cc3)CC2)[nH]c1=O. The number of sulfonamides is 1. The topological polar surface area (TPSA) is 113 Å². The summed E-state index contributed by atoms with van der Waals surface area (Å²) >= 11 is 0. The Morgan fingerprint density at radius 3 is 2.31 bits per heavy atom. The summed E-state index contributed by atoms with van der Waals surface area (Å²) in [4.78, 5) is 28.3. The van der Waals surface area contributed by atoms with Gasteiger partial charge in [-0.2, -0.15) is 9.40 Å². The van der Waals surface area contributed by atoms with Gasteiger partial charge in [-0.3, -0.25) is 14.3 Å². The van der Waals surface area contributed by atoms with Crippen LogP contribution in [-0.4, -0.2) is 58.2 Å². The van der Waals surface area contributed by atoms with Gasteiger partial charge >= 0.3 is 5.69 Å². The third-order valence-corrected chi connectivity index (χ3v) is 6.87. The number of aromatic nitrogens is 4. The molecule has 3 heterocycles. The lowest BCUT2D eigenvalue weighted by atomic mass is 10.3. The molecule has 0 saturated carbocycles. The molecule has 1 aromatic carbocycles. The van der Waals surface area contributed by atoms with Crippen LogP contribution >= 0.6 is 0 Å². The van der Waals surface area contributed by atoms with Crippen LogP contribution in [0.15, 0.2) is 63.3 Å². The summed E-state index contributed by atoms with van der Waals surface area (Å²) in [7, 11) is -2.24. The van der Waals surface area contributed by atoms with E-state index < -0.39 is 21.3 Å². The number of H-pyrrole nitrogens is 1. The molecule has 1 N–H and O–H groups in total. The summed E-state index contributed by atoms with van der Waals surface area (Å²) in [6.45, 7) is 1.24. The molecule has 4 rings (SSSR count). The van der Waals surface area contributed by atoms with E-state index in [0.717, 1.165) is 10.3 Å². The van der Waals surface area contributed by atoms with Crippen molar-refractivity contribution in [1.29, 1.82) is 0 Å². The number of hydrogen-bond acceptors (Lipinski definition) is 6. The minimum absolute atomic E-state index is 0.212. The Hall–Kier alpha value is -3.18. The lowest BCUT2D eigenvalue weighted by molar-refractivity contribution is 0.383. The van der Waals surface area contributed by atoms with Crippen molar-refractivity contribution >= 4 is 15.8 Å². The highest BCUT2D eigenvalue weighted by atomic mass is 32.2. The normalized spacial score (nSPS) is 15.6. The largest absolute Gasteiger partial charge is 0.355 e. The zero-order valence-electron chi connectivity index (χ0n) is 15.7. The van der Waals surface area contributed by atoms with Crippen molar-refractivity contribution in [2.24, 2.45) is 7.05 Å². The van der Waals surface area contributed by atoms with E-state index in [2.05, 4.69) is 10.1 Å². The first-order chi connectivity index (χ1) is 13.9. The van der Waals surface area contributed by atoms with E-state index >= 15 is 0 Å². The Kier molecular flexibility index (Phi) is 4.84. The predicted octanol–water partition coefficient (Wildman–Crippen LogP) is -0.230. The number of nitrogens with one attached hydrogen (secondary N) is 1. The molecule has 0 aliphatic carbocycles. The van der Waals surface area contributed by atoms with Crippen LogP contribution in [-0.2, 0) is 17.1 Å². The van der Waals surface area contributed by atoms with E-state index in [0.29, 0.717) is 18.9 Å². The average molecular weight is 416 g/mol. The number of anilines is 1. The summed E-state index contributed by atoms with van der Waals surface area (Å²) < 4.78 is 30.0. The number of hydrogen-bond donors (Lipinski definition) is 1. The summed E-state index contributed by atoms with van der Waals surface area (Å²) in [5.41, 5.74) is -0.135. The summed E-state index contributed by atoms with van der Waals surface area (Å²) in [6, 6.07) is 9.69. The van der Waals surface area contributed by atoms with Crippen molar-refractivity contribution in [1.82, 2.24) is 23.6 Å². The van der Waals surface area contributed by atoms with Crippen molar-refractivity contribution in [2.75, 3.05) is 31.1 Å². The number of nitrogens with zero attached hydrogens (tertiary/aromatic N) is 5. The lowest BCUT2D eigenvalue weighted by Crippen LogP contribution is -2.49. The fraction of sp³-hybridized carbons (Fsp3) is 0.278. The highest BCUT2D eigenvalue weighted by molar-refractivity contribution is 7.89. The maximum absolute atomic E-state index is 13.0. The molecule has 1 aliphatic heterocycles. The standard InChI is InChI=1S/C18H20N6O4S/c1-21-17(25)13-16(20-18(21)26)22-9-11-23(12-10-22)29(27,28)15-5-3-14(4-6-15)24-8-2-7-19-24/h2-8,13H,9-12H2,1H3,(H,20,26). The molecule has 0 bridgehead atoms. The Bertz CT molecular complexity index is 1190. The number of aromatic amines is 1. The molecule has 11 heteroatoms. The van der Waals surface area contributed by atoms with Gasteiger partial charge in [-0.25, -0.2) is 17.9 Å². The van der Waals surface area contributed by atoms with E-state index in [4.69, 9.17) is 0 Å². The first-order valence-corrected chi connectivity index (χ1v) is 10.5. The quantitative estimate of drug-likeness (QED) is 0.629. The lowest BCUT2D eigenvalue weighted by Gasteiger charge is -2.34. The zero-order valence-corrected chi connectivity index (χ0v) is 16.5. The fourth-order valence-electron chi connectivity index (χ4n) is 3.22. The highest BCUT2D eigenvalue weighted by Gasteiger charge is 2.29. The van der Waals surface area contributed by atoms with Gasteiger partial charge in [-0.15, -0.1) is 0 Å². The van der Waals surface area contributed by atoms with Gasteiger partial charge < -0.3 is 4.90 Å². The average Bonchev–Trinajstić information content (AvgIpc) is 3.27. The Morgan fingerprint density at radius 2 is 1.72 bits per heavy atom. The van der Waals surface area contributed by atoms with Crippen LogP contribution in [0.4, 0.5) is 5.82 Å². The maximum atomic E-state index is 13.0. The monoisotopic (exact) mass is 416 g/mol. The summed E-state index contributed by atoms with van der Waals surface area (Å²) in [5.74, 6) is 0.402. The van der Waals surface area contributed by atoms with E-state index in [9.17, 15) is 18.0 Å². The van der Waals surface area contributed by atoms with Crippen LogP contribution in [0.2, 0.25) is 0 Å². The summed E-state index contributed by atoms with van der Waals surface area (Å²) in [5, 5.41) is 4.13. The molecule has 2 aromatic heterocycles. The molecule has 152 valence electrons. The van der Waals surface area contributed by atoms with E-state index in [1.165, 1.54) is 17.4 Å². The molecule has 3 aromatic rings. The predicted molar refractivity (Wildman–Crippen MR) is 107 cm³/mol. The highest BCUT2D eigenvalue weighted by Crippen LogP contribution is 2.20. The molecule has 1 aliphatic rings. The summed E-state index contributed by atoms with van der Waals surface area (Å²) in [6.07, 6.45) is 3.43. The van der Waals surface area contributed by atoms with Crippen LogP contribution in [0.25, 0.3) is 5.69 Å². The molecule has 0 amide bonds. The minimum Gasteiger partial charge on any atom is -0.355 e. The fourth-order valence-corrected chi connectivity index (χ4v) is 4.65. The van der Waals surface area contributed by atoms with Gasteiger partial charge in [-0.1, -0.05) is 0 Å². The third-order valence-electron chi connectivity index (χ3n) is 4.95. The van der Waals surface area contributed by atoms with E-state index in [1.807, 2.05) is 0 Å². The van der Waals surface area contributed by atoms with Crippen molar-refractivity contribution in [3.63, 3.8) is 0 Å². The van der Waals surface area contributed by atoms with Gasteiger partial charge in [0, 0.05) is 51.7 Å². The van der Waals surface area contributed by atoms with Gasteiger partial charge in [0.2, 0.25) is 10.0 Å². The van der Waals surface area contributed by atoms with Gasteiger partial charge in [0.05, 0.1) is 10.6 Å². The molecule has 0 spiro atoms. The number of piperazine rings is 1. The van der Waals surface area contributed by atoms with Crippen LogP contribution in [0.3, 0.4) is 0 Å². The molecule has 0 atom stereocenters. The van der Waals surface area contributed by atoms with Gasteiger partial charge in [-0.05, 0) is 30.3 Å². The second-order valence-corrected chi connectivity index (χ2v) is 8.63. The van der Waals surface area contributed by atoms with Crippen LogP contribution < -0.4 is 16.1 Å². The van der Waals surface area contributed by atoms with Crippen LogP contribution in [0.5, 0.6) is 0 Å². The van der Waals surface area contributed by atoms with Gasteiger partial charge in [0.1, 0.15) is 5.82 Å². The third kappa shape index (κ3) is 3.61. The van der Waals surface area contributed by atoms with E-state index in [-0.39, 0.29) is 18.0 Å². The van der Waals surface area contributed by atoms with Crippen molar-refractivity contribution in [2.45, 2.75) is 4.90 Å². The second-order valence-electron chi connectivity index (χ2n) is 6.69. The van der Waals surface area contributed by atoms with Crippen LogP contribution in [0.1, 0.15) is 0 Å². The van der Waals surface area contributed by atoms with Crippen molar-refractivity contribution in [3.05, 3.63) is 69.6 Å². The van der Waals surface area contributed by atoms with E-state index in [1.54, 1.807) is 52.3 Å². The molecular formula is C18H20N6O4S. The molecule has 0 radical (unpaired) electrons. The zero-order chi connectivity index (χ0) is 20.6. The molecule has 1 saturated heterocycles. The van der Waals surface area contributed by atoms with Crippen molar-refractivity contribution in [3.8, 4) is 5.69 Å². The first-order valence-electron chi connectivity index (χ1n) is 9.02. The van der Waals surface area contributed by atoms with Crippen LogP contribution in [0, 0.1) is 0 Å². The molecule has 1 fully saturated rings. The molecule has 29 heavy (non-hydrogen) atoms. The number of benzene rings is 1. The Labute approximate surface area is 166 Å². The Balaban J connectivity index is 1.49. The minimum atomic E-state index is -3.64. The smallest absolute Gasteiger partial charge is 0.329 e. The van der Waals surface area contributed by atoms with Crippen molar-refractivity contribution < 1.29 is 8.42 Å². The Morgan fingerprint density at radius 1 is 1.03 bits per heavy atom. The maximum Gasteiger partial charge on any atom is 0.329 e. The molecule has 10 nitrogen and oxygen atoms in total. The van der Waals surface area contributed by atoms with Gasteiger partial charge in [0.15, 0.2) is 0 Å². The van der Waals surface area contributed by atoms with Gasteiger partial charge in [0.25, 0.3) is 5.56 Å². The molecule has 0 unspecified atom stereocenters. The second kappa shape index (κ2) is 7.33.